The Bertz CT molecular complexity index is 4660. The molecule has 29 nitrogen and oxygen atoms in total. The third-order valence-electron chi connectivity index (χ3n) is 19.9. The van der Waals surface area contributed by atoms with Gasteiger partial charge in [-0.1, -0.05) is 43.2 Å². The molecule has 1 saturated carbocycles. The third-order valence-corrected chi connectivity index (χ3v) is 19.9. The zero-order valence-electron chi connectivity index (χ0n) is 72.4. The summed E-state index contributed by atoms with van der Waals surface area (Å²) in [5, 5.41) is 13.3. The number of alkyl halides is 1. The molecule has 0 aliphatic heterocycles. The molecule has 0 saturated heterocycles. The minimum atomic E-state index is -1.59. The van der Waals surface area contributed by atoms with Gasteiger partial charge in [-0.25, -0.2) is 35.7 Å². The second-order valence-electron chi connectivity index (χ2n) is 30.1. The molecule has 7 aromatic rings. The van der Waals surface area contributed by atoms with Gasteiger partial charge in [-0.2, -0.15) is 4.39 Å². The van der Waals surface area contributed by atoms with Crippen molar-refractivity contribution in [3.05, 3.63) is 213 Å². The monoisotopic (exact) mass is 1790 g/mol. The van der Waals surface area contributed by atoms with Crippen molar-refractivity contribution in [3.8, 4) is 17.2 Å². The molecule has 0 spiro atoms. The number of unbranched alkanes of at least 4 members (excludes halogenated alkanes) is 5. The third kappa shape index (κ3) is 38.2. The second-order valence-corrected chi connectivity index (χ2v) is 30.1. The Labute approximate surface area is 733 Å². The zero-order valence-corrected chi connectivity index (χ0v) is 72.4. The molecule has 1 aliphatic carbocycles. The Balaban J connectivity index is 0.000000334. The van der Waals surface area contributed by atoms with Crippen LogP contribution < -0.4 is 75.0 Å². The number of nitrogens with one attached hydrogen (secondary N) is 5. The lowest BCUT2D eigenvalue weighted by Crippen LogP contribution is -2.51. The summed E-state index contributed by atoms with van der Waals surface area (Å²) in [5.41, 5.74) is 27.6. The molecular weight excluding hydrogens is 1670 g/mol. The van der Waals surface area contributed by atoms with Crippen LogP contribution in [0, 0.1) is 60.5 Å². The average Bonchev–Trinajstić information content (AvgIpc) is 0.841. The van der Waals surface area contributed by atoms with E-state index in [9.17, 15) is 87.9 Å². The van der Waals surface area contributed by atoms with Crippen LogP contribution in [0.25, 0.3) is 0 Å². The number of hydrogen-bond acceptors (Lipinski definition) is 23. The highest BCUT2D eigenvalue weighted by molar-refractivity contribution is 6.00. The number of benzene rings is 4. The highest BCUT2D eigenvalue weighted by atomic mass is 19.2. The fourth-order valence-electron chi connectivity index (χ4n) is 12.2. The Morgan fingerprint density at radius 2 is 0.843 bits per heavy atom. The van der Waals surface area contributed by atoms with Crippen molar-refractivity contribution in [1.82, 2.24) is 46.1 Å². The molecular formula is C90H118F8N14O15. The van der Waals surface area contributed by atoms with Gasteiger partial charge in [0.15, 0.2) is 87.2 Å². The number of ketones is 5. The van der Waals surface area contributed by atoms with Gasteiger partial charge in [0, 0.05) is 55.1 Å². The molecule has 5 amide bonds. The number of para-hydroxylation sites is 1. The summed E-state index contributed by atoms with van der Waals surface area (Å²) in [6, 6.07) is 17.8. The first-order valence-electron chi connectivity index (χ1n) is 41.8. The molecule has 4 aromatic carbocycles. The lowest BCUT2D eigenvalue weighted by atomic mass is 10.0. The largest absolute Gasteiger partial charge is 0.480 e. The zero-order chi connectivity index (χ0) is 94.0. The summed E-state index contributed by atoms with van der Waals surface area (Å²) < 4.78 is 130. The molecule has 0 bridgehead atoms. The number of nitrogens with two attached hydrogens (primary N) is 5. The minimum absolute atomic E-state index is 0.00756. The van der Waals surface area contributed by atoms with E-state index in [0.29, 0.717) is 138 Å². The summed E-state index contributed by atoms with van der Waals surface area (Å²) in [7, 11) is 1.35. The van der Waals surface area contributed by atoms with Crippen molar-refractivity contribution in [1.29, 1.82) is 0 Å². The number of amides is 5. The van der Waals surface area contributed by atoms with E-state index in [0.717, 1.165) is 63.1 Å². The van der Waals surface area contributed by atoms with Gasteiger partial charge in [-0.15, -0.1) is 0 Å². The fraction of sp³-hybridized carbons (Fsp3) is 0.467. The number of pyridine rings is 2. The maximum Gasteiger partial charge on any atom is 0.256 e. The number of aromatic nitrogens is 4. The van der Waals surface area contributed by atoms with Gasteiger partial charge >= 0.3 is 0 Å². The number of aryl methyl sites for hydroxylation is 2. The summed E-state index contributed by atoms with van der Waals surface area (Å²) in [6.07, 6.45) is 19.6. The molecule has 1 aliphatic rings. The van der Waals surface area contributed by atoms with Gasteiger partial charge < -0.3 is 74.2 Å². The number of carbonyl (C=O) groups excluding carboxylic acids is 10. The highest BCUT2D eigenvalue weighted by Gasteiger charge is 2.34. The molecule has 6 atom stereocenters. The first-order chi connectivity index (χ1) is 60.7. The number of nitrogens with zero attached hydrogens (tertiary/aromatic N) is 4. The first-order valence-corrected chi connectivity index (χ1v) is 41.8. The standard InChI is InChI=1S/C20H23F2N3O3.C19H21F2N3O3.C18H25F3N2O4.C18H28N4O3.C15H21FN2O2/c1-13-7-8-15(21)19(18(13)22)28-12-17(26)16(6-2-3-9-23)25-20(27)14-5-4-10-24-11-14;20-14-6-3-7-15(21)18(14)27-12-17(25)16(8-1-2-9-22)24-19(26)13-5-4-10-23-11-13;1-18(2,26-3)17(25)23-13(6-4-5-9-22)14(24)10-27-16-12(20)8-7-11(19)15(16)21;1-13-10-20-12-22(18(13)25)11-16(23)15(8-4-5-9-19)21-17(24)14-6-2-3-7-14;1-11(16)14(19)13(9-5-6-10-17)18-15(20)12-7-3-2-4-8-12/h4-5,7-8,10-11,16H,2-3,6,9,12,23H2,1H3,(H,25,27);3-7,10-11,16H,1-2,8-9,12,22H2,(H,24,26);7-8,13H,4-6,9-10,22H2,1-3H3,(H,23,25);10,12,14-15H,2-9,11,19H2,1H3,(H,21,24);2-4,7-8,11,13H,5-6,9-10,17H2,1H3,(H,18,20)/t2*16-;13-;15-;11?,13-/m00000/s1. The van der Waals surface area contributed by atoms with E-state index in [1.165, 1.54) is 88.8 Å². The summed E-state index contributed by atoms with van der Waals surface area (Å²) in [6.45, 7) is 7.79. The molecule has 3 heterocycles. The molecule has 694 valence electrons. The Morgan fingerprint density at radius 3 is 1.28 bits per heavy atom. The number of carbonyl (C=O) groups is 10. The molecule has 1 unspecified atom stereocenters. The molecule has 8 rings (SSSR count). The van der Waals surface area contributed by atoms with Crippen LogP contribution in [0.2, 0.25) is 0 Å². The van der Waals surface area contributed by atoms with Crippen molar-refractivity contribution >= 4 is 58.5 Å². The topological polar surface area (TPSA) is 459 Å². The predicted molar refractivity (Wildman–Crippen MR) is 459 cm³/mol. The van der Waals surface area contributed by atoms with Crippen molar-refractivity contribution in [2.75, 3.05) is 59.7 Å². The number of hydrogen-bond donors (Lipinski definition) is 10. The maximum atomic E-state index is 14.0. The highest BCUT2D eigenvalue weighted by Crippen LogP contribution is 2.28. The van der Waals surface area contributed by atoms with Crippen LogP contribution in [0.1, 0.15) is 185 Å². The van der Waals surface area contributed by atoms with Crippen molar-refractivity contribution in [2.24, 2.45) is 34.6 Å². The van der Waals surface area contributed by atoms with E-state index in [2.05, 4.69) is 41.5 Å². The Kier molecular flexibility index (Phi) is 49.7. The van der Waals surface area contributed by atoms with Crippen LogP contribution >= 0.6 is 0 Å². The van der Waals surface area contributed by atoms with Crippen molar-refractivity contribution < 1.29 is 102 Å². The minimum Gasteiger partial charge on any atom is -0.480 e. The van der Waals surface area contributed by atoms with Crippen LogP contribution in [-0.2, 0) is 44.8 Å². The van der Waals surface area contributed by atoms with Gasteiger partial charge in [-0.05, 0) is 249 Å². The normalized spacial score (nSPS) is 13.0. The average molecular weight is 1790 g/mol. The molecule has 15 N–H and O–H groups in total. The summed E-state index contributed by atoms with van der Waals surface area (Å²) in [5.74, 6) is -13.9. The van der Waals surface area contributed by atoms with Gasteiger partial charge in [0.2, 0.25) is 11.7 Å². The van der Waals surface area contributed by atoms with E-state index in [-0.39, 0.29) is 47.6 Å². The van der Waals surface area contributed by atoms with E-state index in [1.54, 1.807) is 61.5 Å². The smallest absolute Gasteiger partial charge is 0.256 e. The lowest BCUT2D eigenvalue weighted by molar-refractivity contribution is -0.142. The first kappa shape index (κ1) is 108. The predicted octanol–water partition coefficient (Wildman–Crippen LogP) is 9.64. The van der Waals surface area contributed by atoms with Crippen LogP contribution in [0.15, 0.2) is 139 Å². The SMILES string of the molecule is CC(F)C(=O)[C@H](CCCCN)NC(=O)c1ccccc1.COC(C)(C)C(=O)N[C@@H](CCCCN)C(=O)COc1c(F)ccc(F)c1F.Cc1ccc(F)c(OCC(=O)[C@H](CCCCN)NC(=O)c2cccnc2)c1F.Cc1cncn(CC(=O)[C@H](CCCCN)NC(=O)C2CCCC2)c1=O.NCCCC[C@H](NC(=O)c1cccnc1)C(=O)COc1c(F)cccc1F. The molecule has 127 heavy (non-hydrogen) atoms. The van der Waals surface area contributed by atoms with Crippen LogP contribution in [0.5, 0.6) is 17.2 Å². The summed E-state index contributed by atoms with van der Waals surface area (Å²) >= 11 is 0. The number of rotatable bonds is 48. The fourth-order valence-corrected chi connectivity index (χ4v) is 12.2. The number of halogens is 8. The molecule has 3 aromatic heterocycles. The van der Waals surface area contributed by atoms with Gasteiger partial charge in [0.1, 0.15) is 25.4 Å². The number of methoxy groups -OCH3 is 1. The van der Waals surface area contributed by atoms with Crippen molar-refractivity contribution in [3.63, 3.8) is 0 Å². The van der Waals surface area contributed by atoms with E-state index < -0.39 is 161 Å². The van der Waals surface area contributed by atoms with Gasteiger partial charge in [0.25, 0.3) is 29.2 Å². The van der Waals surface area contributed by atoms with E-state index >= 15 is 0 Å². The van der Waals surface area contributed by atoms with E-state index in [4.69, 9.17) is 47.6 Å². The number of Topliss-reactive ketones (excluding diaryl/α,β-unsaturated/α-hetero) is 5. The van der Waals surface area contributed by atoms with Gasteiger partial charge in [-0.3, -0.25) is 67.3 Å². The Hall–Kier alpha value is -11.6. The molecule has 1 fully saturated rings. The number of ether oxygens (including phenoxy) is 4. The second kappa shape index (κ2) is 58.6. The van der Waals surface area contributed by atoms with E-state index in [1.807, 2.05) is 0 Å². The van der Waals surface area contributed by atoms with Crippen LogP contribution in [0.4, 0.5) is 35.1 Å². The quantitative estimate of drug-likeness (QED) is 0.00963. The Morgan fingerprint density at radius 1 is 0.449 bits per heavy atom. The van der Waals surface area contributed by atoms with Crippen LogP contribution in [-0.4, -0.2) is 180 Å². The molecule has 0 radical (unpaired) electrons. The van der Waals surface area contributed by atoms with Crippen LogP contribution in [0.3, 0.4) is 0 Å². The summed E-state index contributed by atoms with van der Waals surface area (Å²) in [4.78, 5) is 147. The van der Waals surface area contributed by atoms with Crippen molar-refractivity contribution in [2.45, 2.75) is 205 Å². The molecule has 37 heteroatoms. The van der Waals surface area contributed by atoms with Gasteiger partial charge in [0.05, 0.1) is 54.2 Å². The lowest BCUT2D eigenvalue weighted by Gasteiger charge is -2.25. The maximum absolute atomic E-state index is 14.0.